The third-order valence-electron chi connectivity index (χ3n) is 5.81. The topological polar surface area (TPSA) is 145 Å². The molecule has 3 N–H and O–H groups in total. The fourth-order valence-corrected chi connectivity index (χ4v) is 4.21. The number of carbonyl (C=O) groups is 3. The first-order valence-electron chi connectivity index (χ1n) is 9.57. The molecule has 1 aromatic heterocycles. The number of likely N-dealkylation sites (tertiary alicyclic amines) is 1. The number of aromatic amines is 2. The number of rotatable bonds is 2. The van der Waals surface area contributed by atoms with Crippen molar-refractivity contribution in [1.29, 1.82) is 0 Å². The number of imide groups is 1. The monoisotopic (exact) mass is 405 g/mol. The van der Waals surface area contributed by atoms with Gasteiger partial charge in [-0.3, -0.25) is 29.3 Å². The van der Waals surface area contributed by atoms with Crippen molar-refractivity contribution in [3.8, 4) is 5.88 Å². The van der Waals surface area contributed by atoms with Gasteiger partial charge >= 0.3 is 11.7 Å². The van der Waals surface area contributed by atoms with Gasteiger partial charge in [0.1, 0.15) is 17.7 Å². The highest BCUT2D eigenvalue weighted by atomic mass is 16.5. The third-order valence-corrected chi connectivity index (χ3v) is 5.81. The number of fused-ring (bicyclic) bond motifs is 1. The zero-order valence-corrected chi connectivity index (χ0v) is 16.3. The largest absolute Gasteiger partial charge is 0.471 e. The Hall–Kier alpha value is -3.11. The molecule has 4 amide bonds. The molecule has 1 aromatic rings. The van der Waals surface area contributed by atoms with Crippen LogP contribution in [0.15, 0.2) is 9.59 Å². The molecule has 0 bridgehead atoms. The fraction of sp³-hybridized carbons (Fsp3) is 0.611. The van der Waals surface area contributed by atoms with Crippen LogP contribution in [-0.4, -0.2) is 68.4 Å². The van der Waals surface area contributed by atoms with E-state index < -0.39 is 34.3 Å². The van der Waals surface area contributed by atoms with Gasteiger partial charge in [-0.25, -0.2) is 9.59 Å². The van der Waals surface area contributed by atoms with Crippen molar-refractivity contribution in [3.63, 3.8) is 0 Å². The van der Waals surface area contributed by atoms with E-state index in [0.29, 0.717) is 44.3 Å². The van der Waals surface area contributed by atoms with E-state index in [0.717, 1.165) is 4.90 Å². The van der Waals surface area contributed by atoms with Crippen molar-refractivity contribution in [2.75, 3.05) is 19.6 Å². The van der Waals surface area contributed by atoms with Crippen molar-refractivity contribution >= 4 is 17.8 Å². The van der Waals surface area contributed by atoms with Crippen LogP contribution >= 0.6 is 0 Å². The Morgan fingerprint density at radius 2 is 1.86 bits per heavy atom. The minimum atomic E-state index is -1.02. The highest BCUT2D eigenvalue weighted by Crippen LogP contribution is 2.37. The fourth-order valence-electron chi connectivity index (χ4n) is 4.21. The molecule has 0 unspecified atom stereocenters. The summed E-state index contributed by atoms with van der Waals surface area (Å²) >= 11 is 0. The van der Waals surface area contributed by atoms with E-state index in [4.69, 9.17) is 4.74 Å². The second-order valence-corrected chi connectivity index (χ2v) is 8.36. The second kappa shape index (κ2) is 6.46. The van der Waals surface area contributed by atoms with Crippen LogP contribution in [0.1, 0.15) is 38.7 Å². The van der Waals surface area contributed by atoms with Crippen LogP contribution in [0.3, 0.4) is 0 Å². The van der Waals surface area contributed by atoms with Gasteiger partial charge in [-0.2, -0.15) is 0 Å². The van der Waals surface area contributed by atoms with Crippen molar-refractivity contribution in [2.24, 2.45) is 0 Å². The van der Waals surface area contributed by atoms with Crippen molar-refractivity contribution < 1.29 is 19.1 Å². The molecule has 2 saturated heterocycles. The lowest BCUT2D eigenvalue weighted by atomic mass is 9.90. The molecule has 4 heterocycles. The molecule has 1 spiro atoms. The van der Waals surface area contributed by atoms with Gasteiger partial charge in [-0.15, -0.1) is 0 Å². The predicted octanol–water partition coefficient (Wildman–Crippen LogP) is -0.920. The van der Waals surface area contributed by atoms with E-state index in [1.807, 2.05) is 0 Å². The summed E-state index contributed by atoms with van der Waals surface area (Å²) in [6.07, 6.45) is 2.08. The summed E-state index contributed by atoms with van der Waals surface area (Å²) in [4.78, 5) is 67.8. The summed E-state index contributed by atoms with van der Waals surface area (Å²) in [6, 6.07) is -0.572. The number of nitrogens with zero attached hydrogens (tertiary/aromatic N) is 2. The summed E-state index contributed by atoms with van der Waals surface area (Å²) in [5.74, 6) is -0.551. The zero-order valence-electron chi connectivity index (χ0n) is 16.3. The minimum absolute atomic E-state index is 0.195. The van der Waals surface area contributed by atoms with Crippen LogP contribution in [0, 0.1) is 0 Å². The van der Waals surface area contributed by atoms with E-state index >= 15 is 0 Å². The third kappa shape index (κ3) is 3.30. The average molecular weight is 405 g/mol. The van der Waals surface area contributed by atoms with Gasteiger partial charge in [0.05, 0.1) is 5.56 Å². The van der Waals surface area contributed by atoms with Gasteiger partial charge in [0, 0.05) is 25.9 Å². The molecule has 29 heavy (non-hydrogen) atoms. The zero-order chi connectivity index (χ0) is 21.0. The van der Waals surface area contributed by atoms with E-state index in [-0.39, 0.29) is 18.3 Å². The molecule has 11 heteroatoms. The maximum absolute atomic E-state index is 12.7. The number of aromatic nitrogens is 2. The van der Waals surface area contributed by atoms with Crippen LogP contribution in [0.5, 0.6) is 5.88 Å². The van der Waals surface area contributed by atoms with Crippen LogP contribution in [0.25, 0.3) is 0 Å². The van der Waals surface area contributed by atoms with Gasteiger partial charge in [0.2, 0.25) is 11.8 Å². The summed E-state index contributed by atoms with van der Waals surface area (Å²) in [7, 11) is 0. The minimum Gasteiger partial charge on any atom is -0.471 e. The Labute approximate surface area is 165 Å². The molecule has 0 aliphatic carbocycles. The SMILES string of the molecule is CC1(C)NC(=O)N(CC(=O)N2CCC[C@]3(CC2)Cc2c([nH]c(=O)[nH]c2=O)O3)C1=O. The van der Waals surface area contributed by atoms with Gasteiger partial charge in [0.15, 0.2) is 0 Å². The van der Waals surface area contributed by atoms with Crippen LogP contribution in [0.4, 0.5) is 4.79 Å². The van der Waals surface area contributed by atoms with Gasteiger partial charge < -0.3 is 15.0 Å². The van der Waals surface area contributed by atoms with E-state index in [1.54, 1.807) is 18.7 Å². The maximum atomic E-state index is 12.7. The molecule has 1 atom stereocenters. The lowest BCUT2D eigenvalue weighted by Crippen LogP contribution is -2.45. The normalized spacial score (nSPS) is 25.6. The molecule has 4 rings (SSSR count). The van der Waals surface area contributed by atoms with E-state index in [9.17, 15) is 24.0 Å². The highest BCUT2D eigenvalue weighted by molar-refractivity contribution is 6.08. The van der Waals surface area contributed by atoms with Crippen LogP contribution in [-0.2, 0) is 16.0 Å². The Kier molecular flexibility index (Phi) is 4.28. The maximum Gasteiger partial charge on any atom is 0.328 e. The standard InChI is InChI=1S/C18H23N5O6/c1-17(2)14(26)23(16(28)21-17)9-11(24)22-6-3-4-18(5-7-22)8-10-12(25)19-15(27)20-13(10)29-18/h3-9H2,1-2H3,(H,21,28)(H2,19,20,25,27)/t18-/m0/s1. The Morgan fingerprint density at radius 3 is 2.55 bits per heavy atom. The van der Waals surface area contributed by atoms with Gasteiger partial charge in [-0.1, -0.05) is 0 Å². The molecule has 2 fully saturated rings. The molecule has 0 aromatic carbocycles. The number of nitrogens with one attached hydrogen (secondary N) is 3. The van der Waals surface area contributed by atoms with Gasteiger partial charge in [0.25, 0.3) is 11.5 Å². The van der Waals surface area contributed by atoms with E-state index in [2.05, 4.69) is 15.3 Å². The number of ether oxygens (including phenoxy) is 1. The Morgan fingerprint density at radius 1 is 1.10 bits per heavy atom. The number of carbonyl (C=O) groups excluding carboxylic acids is 3. The lowest BCUT2D eigenvalue weighted by Gasteiger charge is -2.27. The lowest BCUT2D eigenvalue weighted by molar-refractivity contribution is -0.138. The number of hydrogen-bond acceptors (Lipinski definition) is 6. The summed E-state index contributed by atoms with van der Waals surface area (Å²) in [5, 5.41) is 2.56. The molecular weight excluding hydrogens is 382 g/mol. The molecule has 0 saturated carbocycles. The molecule has 3 aliphatic heterocycles. The summed E-state index contributed by atoms with van der Waals surface area (Å²) in [5.41, 5.74) is -2.34. The number of amides is 4. The first kappa shape index (κ1) is 19.2. The predicted molar refractivity (Wildman–Crippen MR) is 99.5 cm³/mol. The first-order chi connectivity index (χ1) is 13.6. The Balaban J connectivity index is 1.43. The molecule has 0 radical (unpaired) electrons. The van der Waals surface area contributed by atoms with Crippen molar-refractivity contribution in [3.05, 3.63) is 26.4 Å². The van der Waals surface area contributed by atoms with Crippen molar-refractivity contribution in [2.45, 2.75) is 50.7 Å². The Bertz CT molecular complexity index is 1010. The molecule has 156 valence electrons. The average Bonchev–Trinajstić information content (AvgIpc) is 2.96. The number of urea groups is 1. The first-order valence-corrected chi connectivity index (χ1v) is 9.57. The van der Waals surface area contributed by atoms with Crippen molar-refractivity contribution in [1.82, 2.24) is 25.1 Å². The molecular formula is C18H23N5O6. The second-order valence-electron chi connectivity index (χ2n) is 8.36. The highest BCUT2D eigenvalue weighted by Gasteiger charge is 2.46. The summed E-state index contributed by atoms with van der Waals surface area (Å²) < 4.78 is 5.96. The van der Waals surface area contributed by atoms with E-state index in [1.165, 1.54) is 0 Å². The quantitative estimate of drug-likeness (QED) is 0.543. The van der Waals surface area contributed by atoms with Gasteiger partial charge in [-0.05, 0) is 26.7 Å². The van der Waals surface area contributed by atoms with Crippen LogP contribution < -0.4 is 21.3 Å². The smallest absolute Gasteiger partial charge is 0.328 e. The molecule has 3 aliphatic rings. The number of hydrogen-bond donors (Lipinski definition) is 3. The summed E-state index contributed by atoms with van der Waals surface area (Å²) in [6.45, 7) is 3.69. The molecule has 11 nitrogen and oxygen atoms in total. The number of H-pyrrole nitrogens is 2. The van der Waals surface area contributed by atoms with Crippen LogP contribution in [0.2, 0.25) is 0 Å².